The first-order valence-corrected chi connectivity index (χ1v) is 12.1. The monoisotopic (exact) mass is 520 g/mol. The highest BCUT2D eigenvalue weighted by Crippen LogP contribution is 2.36. The standard InChI is InChI=1S/C21H25F3N4O2.C6H10O/c1-4-16(25)18-17(28-11-13(12-28)20(2,3)29)9-10-26-19(18)27-14-5-7-15(8-6-14)30-21(22,23)24;1-3-5-6(7)4-2/h5-10,13,25,29H,4,11-12H2,1-3H3,(H,26,27);4H,2-3,5H2,1H3. The maximum absolute atomic E-state index is 12.3. The third-order valence-corrected chi connectivity index (χ3v) is 5.88. The molecule has 0 spiro atoms. The Kier molecular flexibility index (Phi) is 10.2. The van der Waals surface area contributed by atoms with Crippen molar-refractivity contribution in [1.29, 1.82) is 5.41 Å². The van der Waals surface area contributed by atoms with Gasteiger partial charge in [-0.05, 0) is 63.1 Å². The maximum atomic E-state index is 12.3. The lowest BCUT2D eigenvalue weighted by Gasteiger charge is -2.47. The van der Waals surface area contributed by atoms with Crippen LogP contribution in [-0.2, 0) is 4.79 Å². The summed E-state index contributed by atoms with van der Waals surface area (Å²) < 4.78 is 40.9. The molecule has 0 radical (unpaired) electrons. The van der Waals surface area contributed by atoms with Crippen molar-refractivity contribution in [2.45, 2.75) is 58.9 Å². The minimum absolute atomic E-state index is 0.131. The number of allylic oxidation sites excluding steroid dienone is 1. The van der Waals surface area contributed by atoms with Crippen LogP contribution in [0.1, 0.15) is 52.5 Å². The van der Waals surface area contributed by atoms with Crippen LogP contribution in [-0.4, -0.2) is 46.6 Å². The third-order valence-electron chi connectivity index (χ3n) is 5.88. The predicted octanol–water partition coefficient (Wildman–Crippen LogP) is 6.25. The number of hydrogen-bond donors (Lipinski definition) is 3. The molecule has 0 unspecified atom stereocenters. The largest absolute Gasteiger partial charge is 0.573 e. The molecule has 3 N–H and O–H groups in total. The van der Waals surface area contributed by atoms with Crippen molar-refractivity contribution in [1.82, 2.24) is 4.98 Å². The number of nitrogens with zero attached hydrogens (tertiary/aromatic N) is 2. The van der Waals surface area contributed by atoms with Crippen LogP contribution in [0.2, 0.25) is 0 Å². The SMILES string of the molecule is C=CC(=O)CCC.CCC(=N)c1c(N2CC(C(C)(C)O)C2)ccnc1Nc1ccc(OC(F)(F)F)cc1. The molecule has 0 amide bonds. The van der Waals surface area contributed by atoms with Gasteiger partial charge < -0.3 is 25.5 Å². The highest BCUT2D eigenvalue weighted by Gasteiger charge is 2.38. The Morgan fingerprint density at radius 3 is 2.32 bits per heavy atom. The van der Waals surface area contributed by atoms with Gasteiger partial charge in [0, 0.05) is 43.0 Å². The number of nitrogens with one attached hydrogen (secondary N) is 2. The number of benzene rings is 1. The molecule has 2 heterocycles. The second-order valence-electron chi connectivity index (χ2n) is 9.26. The highest BCUT2D eigenvalue weighted by atomic mass is 19.4. The van der Waals surface area contributed by atoms with Gasteiger partial charge in [0.2, 0.25) is 0 Å². The van der Waals surface area contributed by atoms with Gasteiger partial charge >= 0.3 is 6.36 Å². The van der Waals surface area contributed by atoms with Crippen molar-refractivity contribution in [3.8, 4) is 5.75 Å². The fraction of sp³-hybridized carbons (Fsp3) is 0.444. The van der Waals surface area contributed by atoms with E-state index in [-0.39, 0.29) is 17.5 Å². The number of hydrogen-bond acceptors (Lipinski definition) is 7. The minimum atomic E-state index is -4.74. The first-order valence-electron chi connectivity index (χ1n) is 12.1. The third kappa shape index (κ3) is 8.89. The molecule has 0 aliphatic carbocycles. The normalized spacial score (nSPS) is 13.7. The molecular formula is C27H35F3N4O3. The van der Waals surface area contributed by atoms with E-state index in [1.54, 1.807) is 20.0 Å². The Labute approximate surface area is 215 Å². The number of anilines is 3. The molecule has 1 fully saturated rings. The van der Waals surface area contributed by atoms with Crippen LogP contribution < -0.4 is 15.0 Å². The Bertz CT molecular complexity index is 1070. The molecule has 7 nitrogen and oxygen atoms in total. The van der Waals surface area contributed by atoms with Gasteiger partial charge in [-0.2, -0.15) is 0 Å². The summed E-state index contributed by atoms with van der Waals surface area (Å²) in [5.41, 5.74) is 1.63. The molecule has 0 saturated carbocycles. The van der Waals surface area contributed by atoms with Gasteiger partial charge in [-0.15, -0.1) is 13.2 Å². The summed E-state index contributed by atoms with van der Waals surface area (Å²) in [4.78, 5) is 16.7. The number of ketones is 1. The van der Waals surface area contributed by atoms with Gasteiger partial charge in [0.15, 0.2) is 5.78 Å². The second kappa shape index (κ2) is 12.7. The number of carbonyl (C=O) groups excluding carboxylic acids is 1. The fourth-order valence-corrected chi connectivity index (χ4v) is 3.63. The molecule has 3 rings (SSSR count). The van der Waals surface area contributed by atoms with Crippen molar-refractivity contribution in [2.75, 3.05) is 23.3 Å². The first kappa shape index (κ1) is 29.8. The van der Waals surface area contributed by atoms with Gasteiger partial charge in [-0.25, -0.2) is 4.98 Å². The zero-order chi connectivity index (χ0) is 27.8. The van der Waals surface area contributed by atoms with Crippen molar-refractivity contribution < 1.29 is 27.8 Å². The summed E-state index contributed by atoms with van der Waals surface area (Å²) in [6.07, 6.45) is 0.307. The molecule has 0 atom stereocenters. The van der Waals surface area contributed by atoms with Gasteiger partial charge in [0.25, 0.3) is 0 Å². The number of alkyl halides is 3. The van der Waals surface area contributed by atoms with Gasteiger partial charge in [-0.3, -0.25) is 4.79 Å². The predicted molar refractivity (Wildman–Crippen MR) is 140 cm³/mol. The van der Waals surface area contributed by atoms with Crippen LogP contribution in [0.15, 0.2) is 49.2 Å². The molecule has 1 aromatic carbocycles. The van der Waals surface area contributed by atoms with E-state index in [1.807, 2.05) is 19.9 Å². The van der Waals surface area contributed by atoms with Crippen LogP contribution in [0.4, 0.5) is 30.4 Å². The van der Waals surface area contributed by atoms with E-state index < -0.39 is 12.0 Å². The molecule has 0 bridgehead atoms. The van der Waals surface area contributed by atoms with E-state index >= 15 is 0 Å². The maximum Gasteiger partial charge on any atom is 0.573 e. The molecule has 202 valence electrons. The Morgan fingerprint density at radius 2 is 1.86 bits per heavy atom. The number of rotatable bonds is 10. The quantitative estimate of drug-likeness (QED) is 0.253. The smallest absolute Gasteiger partial charge is 0.406 e. The molecule has 1 saturated heterocycles. The summed E-state index contributed by atoms with van der Waals surface area (Å²) >= 11 is 0. The number of halogens is 3. The Hall–Kier alpha value is -3.40. The average Bonchev–Trinajstić information content (AvgIpc) is 2.78. The molecule has 2 aromatic rings. The van der Waals surface area contributed by atoms with E-state index in [4.69, 9.17) is 5.41 Å². The van der Waals surface area contributed by atoms with Crippen LogP contribution >= 0.6 is 0 Å². The van der Waals surface area contributed by atoms with Gasteiger partial charge in [0.1, 0.15) is 11.6 Å². The lowest BCUT2D eigenvalue weighted by atomic mass is 9.83. The van der Waals surface area contributed by atoms with Crippen LogP contribution in [0, 0.1) is 11.3 Å². The van der Waals surface area contributed by atoms with Crippen molar-refractivity contribution >= 4 is 28.7 Å². The summed E-state index contributed by atoms with van der Waals surface area (Å²) in [6, 6.07) is 7.19. The topological polar surface area (TPSA) is 98.5 Å². The van der Waals surface area contributed by atoms with Crippen molar-refractivity contribution in [3.05, 3.63) is 54.7 Å². The first-order chi connectivity index (χ1) is 17.3. The molecular weight excluding hydrogens is 485 g/mol. The van der Waals surface area contributed by atoms with Gasteiger partial charge in [0.05, 0.1) is 16.9 Å². The molecule has 1 aliphatic rings. The van der Waals surface area contributed by atoms with E-state index in [0.717, 1.165) is 12.1 Å². The lowest BCUT2D eigenvalue weighted by molar-refractivity contribution is -0.274. The lowest BCUT2D eigenvalue weighted by Crippen LogP contribution is -2.56. The van der Waals surface area contributed by atoms with Gasteiger partial charge in [-0.1, -0.05) is 20.4 Å². The zero-order valence-electron chi connectivity index (χ0n) is 21.7. The number of aromatic nitrogens is 1. The van der Waals surface area contributed by atoms with E-state index in [1.165, 1.54) is 30.3 Å². The number of pyridine rings is 1. The average molecular weight is 521 g/mol. The zero-order valence-corrected chi connectivity index (χ0v) is 21.7. The summed E-state index contributed by atoms with van der Waals surface area (Å²) in [6.45, 7) is 12.1. The number of aliphatic hydroxyl groups is 1. The van der Waals surface area contributed by atoms with Crippen molar-refractivity contribution in [3.63, 3.8) is 0 Å². The van der Waals surface area contributed by atoms with Crippen LogP contribution in [0.25, 0.3) is 0 Å². The van der Waals surface area contributed by atoms with E-state index in [2.05, 4.69) is 26.5 Å². The fourth-order valence-electron chi connectivity index (χ4n) is 3.63. The summed E-state index contributed by atoms with van der Waals surface area (Å²) in [5, 5.41) is 21.7. The second-order valence-corrected chi connectivity index (χ2v) is 9.26. The molecule has 10 heteroatoms. The number of ether oxygens (including phenoxy) is 1. The Balaban J connectivity index is 0.000000604. The summed E-state index contributed by atoms with van der Waals surface area (Å²) in [7, 11) is 0. The molecule has 37 heavy (non-hydrogen) atoms. The van der Waals surface area contributed by atoms with Crippen molar-refractivity contribution in [2.24, 2.45) is 5.92 Å². The van der Waals surface area contributed by atoms with Crippen LogP contribution in [0.3, 0.4) is 0 Å². The molecule has 1 aromatic heterocycles. The van der Waals surface area contributed by atoms with E-state index in [0.29, 0.717) is 48.7 Å². The molecule has 1 aliphatic heterocycles. The highest BCUT2D eigenvalue weighted by molar-refractivity contribution is 6.07. The summed E-state index contributed by atoms with van der Waals surface area (Å²) in [5.74, 6) is 0.416. The Morgan fingerprint density at radius 1 is 1.24 bits per heavy atom. The minimum Gasteiger partial charge on any atom is -0.406 e. The van der Waals surface area contributed by atoms with Crippen LogP contribution in [0.5, 0.6) is 5.75 Å². The number of carbonyl (C=O) groups is 1. The van der Waals surface area contributed by atoms with E-state index in [9.17, 15) is 23.1 Å².